The summed E-state index contributed by atoms with van der Waals surface area (Å²) in [4.78, 5) is 31.8. The summed E-state index contributed by atoms with van der Waals surface area (Å²) in [6.45, 7) is 1.47. The smallest absolute Gasteiger partial charge is 0.340 e. The highest BCUT2D eigenvalue weighted by Crippen LogP contribution is 2.55. The number of rotatable bonds is 9. The number of nitrogens with zero attached hydrogens (tertiary/aromatic N) is 3. The maximum absolute atomic E-state index is 11.9. The van der Waals surface area contributed by atoms with Crippen molar-refractivity contribution in [2.24, 2.45) is 0 Å². The van der Waals surface area contributed by atoms with Crippen LogP contribution in [0.2, 0.25) is 5.15 Å². The Morgan fingerprint density at radius 2 is 2.00 bits per heavy atom. The molecule has 5 N–H and O–H groups in total. The van der Waals surface area contributed by atoms with Crippen molar-refractivity contribution >= 4 is 43.5 Å². The van der Waals surface area contributed by atoms with Gasteiger partial charge in [0.25, 0.3) is 0 Å². The van der Waals surface area contributed by atoms with Crippen LogP contribution in [0.1, 0.15) is 31.2 Å². The normalized spacial score (nSPS) is 23.3. The van der Waals surface area contributed by atoms with Crippen molar-refractivity contribution in [1.82, 2.24) is 14.8 Å². The molecule has 0 saturated carbocycles. The SMILES string of the molecule is C[C@@H](Nc1cc(Cl)nc2c1cnn2[C@H]1C[C@H](O)[C@@H](COP(=O)(O)CP(=O)(O)O)O1)c1ccccc1. The van der Waals surface area contributed by atoms with Gasteiger partial charge in [0.1, 0.15) is 11.3 Å². The van der Waals surface area contributed by atoms with Crippen molar-refractivity contribution in [3.05, 3.63) is 53.3 Å². The fraction of sp³-hybridized carbons (Fsp3) is 0.400. The second-order valence-corrected chi connectivity index (χ2v) is 12.6. The maximum Gasteiger partial charge on any atom is 0.340 e. The van der Waals surface area contributed by atoms with Crippen LogP contribution in [0, 0.1) is 0 Å². The van der Waals surface area contributed by atoms with E-state index in [2.05, 4.69) is 15.4 Å². The number of anilines is 1. The lowest BCUT2D eigenvalue weighted by Crippen LogP contribution is -2.26. The molecule has 0 radical (unpaired) electrons. The number of hydrogen-bond donors (Lipinski definition) is 5. The van der Waals surface area contributed by atoms with E-state index in [-0.39, 0.29) is 17.6 Å². The van der Waals surface area contributed by atoms with Gasteiger partial charge in [-0.2, -0.15) is 5.10 Å². The molecule has 35 heavy (non-hydrogen) atoms. The van der Waals surface area contributed by atoms with E-state index in [1.54, 1.807) is 12.3 Å². The number of hydrogen-bond acceptors (Lipinski definition) is 8. The second kappa shape index (κ2) is 10.3. The molecular weight excluding hydrogens is 522 g/mol. The molecule has 2 aromatic heterocycles. The zero-order chi connectivity index (χ0) is 25.4. The van der Waals surface area contributed by atoms with Crippen LogP contribution in [0.15, 0.2) is 42.6 Å². The van der Waals surface area contributed by atoms with Crippen molar-refractivity contribution in [2.45, 2.75) is 37.8 Å². The van der Waals surface area contributed by atoms with E-state index in [0.717, 1.165) is 5.56 Å². The predicted molar refractivity (Wildman–Crippen MR) is 128 cm³/mol. The first kappa shape index (κ1) is 26.2. The van der Waals surface area contributed by atoms with Gasteiger partial charge in [0.15, 0.2) is 17.8 Å². The summed E-state index contributed by atoms with van der Waals surface area (Å²) in [5.74, 6) is -1.32. The topological polar surface area (TPSA) is 176 Å². The number of aliphatic hydroxyl groups is 1. The van der Waals surface area contributed by atoms with E-state index in [1.807, 2.05) is 37.3 Å². The number of aromatic nitrogens is 3. The Hall–Kier alpha value is -1.85. The van der Waals surface area contributed by atoms with Crippen molar-refractivity contribution in [1.29, 1.82) is 0 Å². The minimum atomic E-state index is -4.76. The van der Waals surface area contributed by atoms with Crippen LogP contribution < -0.4 is 5.32 Å². The number of halogens is 1. The molecule has 1 aliphatic rings. The Labute approximate surface area is 205 Å². The number of nitrogens with one attached hydrogen (secondary N) is 1. The van der Waals surface area contributed by atoms with E-state index in [1.165, 1.54) is 4.68 Å². The van der Waals surface area contributed by atoms with Gasteiger partial charge in [-0.3, -0.25) is 9.13 Å². The standard InChI is InChI=1S/C20H25ClN4O8P2/c1-12(13-5-3-2-4-6-13)23-15-7-18(21)24-20-14(15)9-22-25(20)19-8-16(26)17(33-19)10-32-35(30,31)11-34(27,28)29/h2-7,9,12,16-17,19,26H,8,10-11H2,1H3,(H,23,24)(H,30,31)(H2,27,28,29)/t12-,16+,17-,19-/m1/s1. The van der Waals surface area contributed by atoms with Crippen LogP contribution in [-0.2, 0) is 18.4 Å². The van der Waals surface area contributed by atoms with Crippen molar-refractivity contribution in [3.8, 4) is 0 Å². The summed E-state index contributed by atoms with van der Waals surface area (Å²) >= 11 is 6.27. The molecule has 1 saturated heterocycles. The Kier molecular flexibility index (Phi) is 7.68. The van der Waals surface area contributed by atoms with Crippen LogP contribution >= 0.6 is 26.8 Å². The third-order valence-corrected chi connectivity index (χ3v) is 9.14. The lowest BCUT2D eigenvalue weighted by Gasteiger charge is -2.18. The number of benzene rings is 1. The fourth-order valence-corrected chi connectivity index (χ4v) is 6.61. The van der Waals surface area contributed by atoms with E-state index in [0.29, 0.717) is 16.7 Å². The lowest BCUT2D eigenvalue weighted by atomic mass is 10.1. The van der Waals surface area contributed by atoms with Crippen LogP contribution in [0.5, 0.6) is 0 Å². The first-order valence-electron chi connectivity index (χ1n) is 10.6. The van der Waals surface area contributed by atoms with Gasteiger partial charge in [-0.15, -0.1) is 0 Å². The minimum Gasteiger partial charge on any atom is -0.390 e. The Morgan fingerprint density at radius 3 is 2.69 bits per heavy atom. The average molecular weight is 547 g/mol. The summed E-state index contributed by atoms with van der Waals surface area (Å²) in [5.41, 5.74) is 2.19. The molecule has 0 aliphatic carbocycles. The van der Waals surface area contributed by atoms with Gasteiger partial charge in [-0.1, -0.05) is 41.9 Å². The van der Waals surface area contributed by atoms with Crippen molar-refractivity contribution in [3.63, 3.8) is 0 Å². The van der Waals surface area contributed by atoms with Gasteiger partial charge in [-0.25, -0.2) is 9.67 Å². The first-order chi connectivity index (χ1) is 16.4. The van der Waals surface area contributed by atoms with Gasteiger partial charge in [0.05, 0.1) is 30.0 Å². The molecule has 1 unspecified atom stereocenters. The monoisotopic (exact) mass is 546 g/mol. The quantitative estimate of drug-likeness (QED) is 0.197. The molecule has 1 aromatic carbocycles. The lowest BCUT2D eigenvalue weighted by molar-refractivity contribution is -0.0434. The Morgan fingerprint density at radius 1 is 1.29 bits per heavy atom. The molecule has 3 aromatic rings. The van der Waals surface area contributed by atoms with Crippen molar-refractivity contribution < 1.29 is 38.2 Å². The Bertz CT molecular complexity index is 1290. The van der Waals surface area contributed by atoms with E-state index < -0.39 is 46.1 Å². The third kappa shape index (κ3) is 6.48. The van der Waals surface area contributed by atoms with Crippen LogP contribution in [0.4, 0.5) is 5.69 Å². The van der Waals surface area contributed by atoms with Crippen LogP contribution in [-0.4, -0.2) is 59.3 Å². The van der Waals surface area contributed by atoms with Crippen molar-refractivity contribution in [2.75, 3.05) is 17.8 Å². The van der Waals surface area contributed by atoms with Crippen LogP contribution in [0.3, 0.4) is 0 Å². The second-order valence-electron chi connectivity index (χ2n) is 8.27. The van der Waals surface area contributed by atoms with E-state index in [9.17, 15) is 19.1 Å². The number of aliphatic hydroxyl groups excluding tert-OH is 1. The average Bonchev–Trinajstić information content (AvgIpc) is 3.34. The summed E-state index contributed by atoms with van der Waals surface area (Å²) in [6.07, 6.45) is -1.20. The highest BCUT2D eigenvalue weighted by atomic mass is 35.5. The molecule has 1 fully saturated rings. The molecule has 190 valence electrons. The number of ether oxygens (including phenoxy) is 1. The molecule has 0 spiro atoms. The van der Waals surface area contributed by atoms with E-state index >= 15 is 0 Å². The van der Waals surface area contributed by atoms with Gasteiger partial charge in [0, 0.05) is 12.5 Å². The molecule has 0 bridgehead atoms. The number of pyridine rings is 1. The molecule has 5 atom stereocenters. The summed E-state index contributed by atoms with van der Waals surface area (Å²) in [6, 6.07) is 11.5. The molecular formula is C20H25ClN4O8P2. The fourth-order valence-electron chi connectivity index (χ4n) is 3.85. The maximum atomic E-state index is 11.9. The molecule has 12 nitrogen and oxygen atoms in total. The van der Waals surface area contributed by atoms with Gasteiger partial charge in [-0.05, 0) is 18.6 Å². The predicted octanol–water partition coefficient (Wildman–Crippen LogP) is 3.24. The molecule has 1 aliphatic heterocycles. The molecule has 0 amide bonds. The number of fused-ring (bicyclic) bond motifs is 1. The van der Waals surface area contributed by atoms with Gasteiger partial charge in [0.2, 0.25) is 0 Å². The molecule has 15 heteroatoms. The Balaban J connectivity index is 1.51. The largest absolute Gasteiger partial charge is 0.390 e. The summed E-state index contributed by atoms with van der Waals surface area (Å²) in [5, 5.41) is 19.0. The molecule has 3 heterocycles. The summed E-state index contributed by atoms with van der Waals surface area (Å²) < 4.78 is 34.9. The highest BCUT2D eigenvalue weighted by Gasteiger charge is 2.39. The van der Waals surface area contributed by atoms with Gasteiger partial charge < -0.3 is 34.4 Å². The zero-order valence-corrected chi connectivity index (χ0v) is 21.1. The van der Waals surface area contributed by atoms with Crippen LogP contribution in [0.25, 0.3) is 11.0 Å². The zero-order valence-electron chi connectivity index (χ0n) is 18.5. The first-order valence-corrected chi connectivity index (χ1v) is 14.6. The minimum absolute atomic E-state index is 0.0328. The highest BCUT2D eigenvalue weighted by molar-refractivity contribution is 7.70. The van der Waals surface area contributed by atoms with E-state index in [4.69, 9.17) is 30.6 Å². The van der Waals surface area contributed by atoms with Gasteiger partial charge >= 0.3 is 15.2 Å². The molecule has 4 rings (SSSR count). The third-order valence-electron chi connectivity index (χ3n) is 5.49. The summed E-state index contributed by atoms with van der Waals surface area (Å²) in [7, 11) is -9.34.